The third-order valence-corrected chi connectivity index (χ3v) is 3.41. The molecule has 0 bridgehead atoms. The summed E-state index contributed by atoms with van der Waals surface area (Å²) in [7, 11) is 0. The first-order chi connectivity index (χ1) is 9.58. The third kappa shape index (κ3) is 3.91. The van der Waals surface area contributed by atoms with Crippen molar-refractivity contribution >= 4 is 33.3 Å². The van der Waals surface area contributed by atoms with Gasteiger partial charge in [-0.3, -0.25) is 0 Å². The van der Waals surface area contributed by atoms with Crippen LogP contribution in [0.1, 0.15) is 12.7 Å². The smallest absolute Gasteiger partial charge is 0.136 e. The van der Waals surface area contributed by atoms with Crippen LogP contribution in [0.2, 0.25) is 0 Å². The molecule has 2 aromatic rings. The van der Waals surface area contributed by atoms with E-state index in [1.165, 1.54) is 0 Å². The molecule has 1 unspecified atom stereocenters. The van der Waals surface area contributed by atoms with E-state index >= 15 is 0 Å². The first-order valence-corrected chi connectivity index (χ1v) is 7.21. The molecule has 0 aliphatic heterocycles. The van der Waals surface area contributed by atoms with Crippen LogP contribution in [-0.2, 0) is 0 Å². The Morgan fingerprint density at radius 2 is 1.95 bits per heavy atom. The maximum atomic E-state index is 5.61. The zero-order valence-electron chi connectivity index (χ0n) is 11.5. The summed E-state index contributed by atoms with van der Waals surface area (Å²) in [6.45, 7) is 4.43. The maximum Gasteiger partial charge on any atom is 0.136 e. The van der Waals surface area contributed by atoms with Gasteiger partial charge in [0.15, 0.2) is 0 Å². The Morgan fingerprint density at radius 1 is 1.25 bits per heavy atom. The standard InChI is InChI=1S/C14H18BrN5/c1-9(8-16)17-13-7-14(19-10(2)18-13)20-12-6-4-3-5-11(12)15/h3-7,9H,8,16H2,1-2H3,(H2,17,18,19,20). The van der Waals surface area contributed by atoms with Crippen molar-refractivity contribution in [3.05, 3.63) is 40.6 Å². The molecular formula is C14H18BrN5. The van der Waals surface area contributed by atoms with Gasteiger partial charge in [-0.25, -0.2) is 9.97 Å². The number of halogens is 1. The number of nitrogens with zero attached hydrogens (tertiary/aromatic N) is 2. The molecule has 1 atom stereocenters. The molecule has 0 fully saturated rings. The second-order valence-corrected chi connectivity index (χ2v) is 5.43. The van der Waals surface area contributed by atoms with Crippen LogP contribution >= 0.6 is 15.9 Å². The molecule has 4 N–H and O–H groups in total. The van der Waals surface area contributed by atoms with Crippen LogP contribution in [0, 0.1) is 6.92 Å². The molecule has 0 aliphatic carbocycles. The van der Waals surface area contributed by atoms with Gasteiger partial charge in [0.2, 0.25) is 0 Å². The fourth-order valence-corrected chi connectivity index (χ4v) is 2.10. The minimum atomic E-state index is 0.167. The van der Waals surface area contributed by atoms with Gasteiger partial charge < -0.3 is 16.4 Å². The summed E-state index contributed by atoms with van der Waals surface area (Å²) in [5.74, 6) is 2.22. The summed E-state index contributed by atoms with van der Waals surface area (Å²) >= 11 is 3.50. The molecule has 0 radical (unpaired) electrons. The second-order valence-electron chi connectivity index (χ2n) is 4.57. The van der Waals surface area contributed by atoms with Gasteiger partial charge in [0.05, 0.1) is 5.69 Å². The number of nitrogens with one attached hydrogen (secondary N) is 2. The zero-order valence-corrected chi connectivity index (χ0v) is 13.1. The normalized spacial score (nSPS) is 12.0. The molecule has 20 heavy (non-hydrogen) atoms. The predicted molar refractivity (Wildman–Crippen MR) is 86.3 cm³/mol. The summed E-state index contributed by atoms with van der Waals surface area (Å²) in [5.41, 5.74) is 6.57. The van der Waals surface area contributed by atoms with Crippen molar-refractivity contribution in [1.82, 2.24) is 9.97 Å². The fraction of sp³-hybridized carbons (Fsp3) is 0.286. The van der Waals surface area contributed by atoms with E-state index in [-0.39, 0.29) is 6.04 Å². The molecule has 2 rings (SSSR count). The van der Waals surface area contributed by atoms with Crippen molar-refractivity contribution in [3.63, 3.8) is 0 Å². The number of aryl methyl sites for hydroxylation is 1. The summed E-state index contributed by atoms with van der Waals surface area (Å²) in [5, 5.41) is 6.52. The highest BCUT2D eigenvalue weighted by molar-refractivity contribution is 9.10. The monoisotopic (exact) mass is 335 g/mol. The number of hydrogen-bond donors (Lipinski definition) is 3. The Labute approximate surface area is 127 Å². The molecule has 0 amide bonds. The lowest BCUT2D eigenvalue weighted by Gasteiger charge is -2.14. The maximum absolute atomic E-state index is 5.61. The predicted octanol–water partition coefficient (Wildman–Crippen LogP) is 3.05. The summed E-state index contributed by atoms with van der Waals surface area (Å²) in [6, 6.07) is 9.94. The van der Waals surface area contributed by atoms with E-state index < -0.39 is 0 Å². The SMILES string of the molecule is Cc1nc(Nc2ccccc2Br)cc(NC(C)CN)n1. The number of rotatable bonds is 5. The molecule has 5 nitrogen and oxygen atoms in total. The van der Waals surface area contributed by atoms with Gasteiger partial charge in [0.1, 0.15) is 17.5 Å². The molecular weight excluding hydrogens is 318 g/mol. The number of benzene rings is 1. The van der Waals surface area contributed by atoms with Crippen LogP contribution in [0.5, 0.6) is 0 Å². The Kier molecular flexibility index (Phi) is 4.92. The third-order valence-electron chi connectivity index (χ3n) is 2.72. The minimum absolute atomic E-state index is 0.167. The Balaban J connectivity index is 2.22. The molecule has 1 aromatic carbocycles. The van der Waals surface area contributed by atoms with Gasteiger partial charge in [0, 0.05) is 23.1 Å². The molecule has 0 spiro atoms. The lowest BCUT2D eigenvalue weighted by Crippen LogP contribution is -2.25. The number of nitrogens with two attached hydrogens (primary N) is 1. The van der Waals surface area contributed by atoms with E-state index in [1.807, 2.05) is 44.2 Å². The molecule has 6 heteroatoms. The topological polar surface area (TPSA) is 75.9 Å². The highest BCUT2D eigenvalue weighted by Gasteiger charge is 2.06. The second kappa shape index (κ2) is 6.67. The summed E-state index contributed by atoms with van der Waals surface area (Å²) in [4.78, 5) is 8.75. The van der Waals surface area contributed by atoms with Crippen molar-refractivity contribution in [2.24, 2.45) is 5.73 Å². The van der Waals surface area contributed by atoms with Crippen LogP contribution in [0.15, 0.2) is 34.8 Å². The van der Waals surface area contributed by atoms with E-state index in [4.69, 9.17) is 5.73 Å². The van der Waals surface area contributed by atoms with Gasteiger partial charge in [0.25, 0.3) is 0 Å². The van der Waals surface area contributed by atoms with E-state index in [2.05, 4.69) is 36.5 Å². The van der Waals surface area contributed by atoms with E-state index in [1.54, 1.807) is 0 Å². The zero-order chi connectivity index (χ0) is 14.5. The van der Waals surface area contributed by atoms with Crippen LogP contribution in [0.3, 0.4) is 0 Å². The highest BCUT2D eigenvalue weighted by atomic mass is 79.9. The molecule has 0 saturated heterocycles. The van der Waals surface area contributed by atoms with Gasteiger partial charge in [-0.2, -0.15) is 0 Å². The molecule has 0 aliphatic rings. The largest absolute Gasteiger partial charge is 0.366 e. The Hall–Kier alpha value is -1.66. The first kappa shape index (κ1) is 14.7. The van der Waals surface area contributed by atoms with Crippen molar-refractivity contribution < 1.29 is 0 Å². The average Bonchev–Trinajstić information content (AvgIpc) is 2.40. The summed E-state index contributed by atoms with van der Waals surface area (Å²) in [6.07, 6.45) is 0. The number of para-hydroxylation sites is 1. The van der Waals surface area contributed by atoms with Crippen LogP contribution in [0.25, 0.3) is 0 Å². The lowest BCUT2D eigenvalue weighted by molar-refractivity contribution is 0.795. The van der Waals surface area contributed by atoms with E-state index in [0.717, 1.165) is 21.8 Å². The molecule has 1 heterocycles. The van der Waals surface area contributed by atoms with Crippen LogP contribution in [-0.4, -0.2) is 22.6 Å². The molecule has 1 aromatic heterocycles. The average molecular weight is 336 g/mol. The summed E-state index contributed by atoms with van der Waals surface area (Å²) < 4.78 is 0.987. The van der Waals surface area contributed by atoms with Crippen molar-refractivity contribution in [2.75, 3.05) is 17.2 Å². The van der Waals surface area contributed by atoms with E-state index in [0.29, 0.717) is 12.4 Å². The Morgan fingerprint density at radius 3 is 2.65 bits per heavy atom. The highest BCUT2D eigenvalue weighted by Crippen LogP contribution is 2.25. The number of anilines is 3. The fourth-order valence-electron chi connectivity index (χ4n) is 1.72. The van der Waals surface area contributed by atoms with Crippen molar-refractivity contribution in [3.8, 4) is 0 Å². The number of aromatic nitrogens is 2. The Bertz CT molecular complexity index is 588. The van der Waals surface area contributed by atoms with Crippen LogP contribution in [0.4, 0.5) is 17.3 Å². The molecule has 0 saturated carbocycles. The van der Waals surface area contributed by atoms with Gasteiger partial charge >= 0.3 is 0 Å². The lowest BCUT2D eigenvalue weighted by atomic mass is 10.3. The van der Waals surface area contributed by atoms with Crippen molar-refractivity contribution in [1.29, 1.82) is 0 Å². The quantitative estimate of drug-likeness (QED) is 0.782. The number of hydrogen-bond acceptors (Lipinski definition) is 5. The van der Waals surface area contributed by atoms with Gasteiger partial charge in [-0.05, 0) is 41.9 Å². The van der Waals surface area contributed by atoms with Gasteiger partial charge in [-0.15, -0.1) is 0 Å². The molecule has 106 valence electrons. The van der Waals surface area contributed by atoms with Gasteiger partial charge in [-0.1, -0.05) is 12.1 Å². The first-order valence-electron chi connectivity index (χ1n) is 6.42. The van der Waals surface area contributed by atoms with Crippen molar-refractivity contribution in [2.45, 2.75) is 19.9 Å². The minimum Gasteiger partial charge on any atom is -0.366 e. The van der Waals surface area contributed by atoms with E-state index in [9.17, 15) is 0 Å². The van der Waals surface area contributed by atoms with Crippen LogP contribution < -0.4 is 16.4 Å².